The van der Waals surface area contributed by atoms with Gasteiger partial charge in [0.2, 0.25) is 0 Å². The van der Waals surface area contributed by atoms with Crippen LogP contribution in [0.3, 0.4) is 0 Å². The molecule has 0 aromatic heterocycles. The molecule has 1 N–H and O–H groups in total. The third-order valence-corrected chi connectivity index (χ3v) is 11.9. The number of hydrogen-bond acceptors (Lipinski definition) is 1. The van der Waals surface area contributed by atoms with Crippen LogP contribution in [-0.2, 0) is 0 Å². The lowest BCUT2D eigenvalue weighted by molar-refractivity contribution is -0.201. The SMILES string of the molecule is CCCCCC(C)[C@H]1CC[C@@]2(C)C3CC[C@@]4(C)C[C@@H](O)CCC4[C@@]3(C)CC[C@]12C. The minimum Gasteiger partial charge on any atom is -0.393 e. The van der Waals surface area contributed by atoms with Gasteiger partial charge < -0.3 is 5.11 Å². The zero-order valence-corrected chi connectivity index (χ0v) is 20.5. The maximum absolute atomic E-state index is 10.4. The standard InChI is InChI=1S/C28H50O/c1-7-8-9-10-20(2)22-13-16-28(6)24-14-15-25(3)19-21(29)11-12-23(25)26(24,4)17-18-27(22,28)5/h20-24,29H,7-19H2,1-6H3/t20?,21-,22+,23?,24?,25-,26+,27+,28-/m0/s1. The Morgan fingerprint density at radius 3 is 2.31 bits per heavy atom. The van der Waals surface area contributed by atoms with Crippen LogP contribution in [0, 0.1) is 45.3 Å². The highest BCUT2D eigenvalue weighted by Gasteiger charge is 2.68. The molecule has 168 valence electrons. The van der Waals surface area contributed by atoms with Gasteiger partial charge in [-0.25, -0.2) is 0 Å². The Morgan fingerprint density at radius 1 is 0.828 bits per heavy atom. The Balaban J connectivity index is 1.59. The summed E-state index contributed by atoms with van der Waals surface area (Å²) in [5, 5.41) is 10.4. The van der Waals surface area contributed by atoms with Crippen LogP contribution >= 0.6 is 0 Å². The lowest BCUT2D eigenvalue weighted by Crippen LogP contribution is -2.61. The predicted molar refractivity (Wildman–Crippen MR) is 124 cm³/mol. The lowest BCUT2D eigenvalue weighted by Gasteiger charge is -2.68. The van der Waals surface area contributed by atoms with Crippen LogP contribution in [0.15, 0.2) is 0 Å². The molecule has 4 saturated carbocycles. The van der Waals surface area contributed by atoms with Gasteiger partial charge in [-0.05, 0) is 103 Å². The minimum absolute atomic E-state index is 0.0410. The molecule has 0 heterocycles. The van der Waals surface area contributed by atoms with E-state index in [2.05, 4.69) is 41.5 Å². The molecule has 0 saturated heterocycles. The largest absolute Gasteiger partial charge is 0.393 e. The summed E-state index contributed by atoms with van der Waals surface area (Å²) in [6.45, 7) is 15.6. The van der Waals surface area contributed by atoms with Crippen molar-refractivity contribution in [2.45, 2.75) is 131 Å². The van der Waals surface area contributed by atoms with Crippen molar-refractivity contribution in [2.24, 2.45) is 45.3 Å². The first-order valence-electron chi connectivity index (χ1n) is 13.3. The van der Waals surface area contributed by atoms with E-state index in [0.717, 1.165) is 36.5 Å². The van der Waals surface area contributed by atoms with Crippen LogP contribution in [0.5, 0.6) is 0 Å². The van der Waals surface area contributed by atoms with Crippen molar-refractivity contribution in [3.05, 3.63) is 0 Å². The Labute approximate surface area is 181 Å². The number of aliphatic hydroxyl groups excluding tert-OH is 1. The molecule has 4 rings (SSSR count). The Morgan fingerprint density at radius 2 is 1.59 bits per heavy atom. The molecular weight excluding hydrogens is 352 g/mol. The number of fused-ring (bicyclic) bond motifs is 5. The summed E-state index contributed by atoms with van der Waals surface area (Å²) >= 11 is 0. The Hall–Kier alpha value is -0.0400. The Kier molecular flexibility index (Phi) is 5.75. The van der Waals surface area contributed by atoms with Crippen LogP contribution in [0.4, 0.5) is 0 Å². The molecule has 0 amide bonds. The quantitative estimate of drug-likeness (QED) is 0.462. The average Bonchev–Trinajstić information content (AvgIpc) is 2.92. The normalized spacial score (nSPS) is 53.1. The van der Waals surface area contributed by atoms with Gasteiger partial charge >= 0.3 is 0 Å². The highest BCUT2D eigenvalue weighted by Crippen LogP contribution is 2.76. The molecule has 0 radical (unpaired) electrons. The number of rotatable bonds is 5. The van der Waals surface area contributed by atoms with Crippen LogP contribution < -0.4 is 0 Å². The summed E-state index contributed by atoms with van der Waals surface area (Å²) in [5.74, 6) is 3.57. The van der Waals surface area contributed by atoms with E-state index in [4.69, 9.17) is 0 Å². The topological polar surface area (TPSA) is 20.2 Å². The number of hydrogen-bond donors (Lipinski definition) is 1. The first-order valence-corrected chi connectivity index (χ1v) is 13.3. The van der Waals surface area contributed by atoms with Gasteiger partial charge in [0.15, 0.2) is 0 Å². The molecule has 0 aliphatic heterocycles. The smallest absolute Gasteiger partial charge is 0.0545 e. The molecule has 1 nitrogen and oxygen atoms in total. The fourth-order valence-electron chi connectivity index (χ4n) is 10.2. The van der Waals surface area contributed by atoms with Crippen molar-refractivity contribution in [2.75, 3.05) is 0 Å². The molecular formula is C28H50O. The predicted octanol–water partition coefficient (Wildman–Crippen LogP) is 8.00. The zero-order valence-electron chi connectivity index (χ0n) is 20.5. The molecule has 4 aliphatic rings. The van der Waals surface area contributed by atoms with Gasteiger partial charge in [-0.15, -0.1) is 0 Å². The van der Waals surface area contributed by atoms with Gasteiger partial charge in [0.25, 0.3) is 0 Å². The van der Waals surface area contributed by atoms with E-state index in [9.17, 15) is 5.11 Å². The molecule has 0 spiro atoms. The van der Waals surface area contributed by atoms with E-state index in [0.29, 0.717) is 21.7 Å². The van der Waals surface area contributed by atoms with E-state index < -0.39 is 0 Å². The van der Waals surface area contributed by atoms with Gasteiger partial charge in [-0.3, -0.25) is 0 Å². The highest BCUT2D eigenvalue weighted by atomic mass is 16.3. The van der Waals surface area contributed by atoms with E-state index in [-0.39, 0.29) is 6.10 Å². The Bertz CT molecular complexity index is 599. The first kappa shape index (κ1) is 22.2. The van der Waals surface area contributed by atoms with Crippen LogP contribution in [-0.4, -0.2) is 11.2 Å². The first-order chi connectivity index (χ1) is 13.6. The molecule has 4 fully saturated rings. The van der Waals surface area contributed by atoms with Gasteiger partial charge in [-0.2, -0.15) is 0 Å². The fraction of sp³-hybridized carbons (Fsp3) is 1.00. The van der Waals surface area contributed by atoms with Crippen molar-refractivity contribution in [1.29, 1.82) is 0 Å². The van der Waals surface area contributed by atoms with Crippen molar-refractivity contribution < 1.29 is 5.11 Å². The summed E-state index contributed by atoms with van der Waals surface area (Å²) in [6.07, 6.45) is 17.6. The maximum atomic E-state index is 10.4. The lowest BCUT2D eigenvalue weighted by atomic mass is 9.36. The average molecular weight is 403 g/mol. The summed E-state index contributed by atoms with van der Waals surface area (Å²) in [5.41, 5.74) is 1.96. The van der Waals surface area contributed by atoms with Crippen LogP contribution in [0.1, 0.15) is 125 Å². The van der Waals surface area contributed by atoms with Gasteiger partial charge in [0, 0.05) is 0 Å². The van der Waals surface area contributed by atoms with Gasteiger partial charge in [0.05, 0.1) is 6.10 Å². The number of unbranched alkanes of at least 4 members (excludes halogenated alkanes) is 2. The minimum atomic E-state index is -0.0410. The summed E-state index contributed by atoms with van der Waals surface area (Å²) in [4.78, 5) is 0. The van der Waals surface area contributed by atoms with Gasteiger partial charge in [-0.1, -0.05) is 67.2 Å². The van der Waals surface area contributed by atoms with Crippen LogP contribution in [0.25, 0.3) is 0 Å². The fourth-order valence-corrected chi connectivity index (χ4v) is 10.2. The van der Waals surface area contributed by atoms with Crippen molar-refractivity contribution in [3.63, 3.8) is 0 Å². The summed E-state index contributed by atoms with van der Waals surface area (Å²) in [7, 11) is 0. The molecule has 0 aromatic rings. The van der Waals surface area contributed by atoms with Crippen LogP contribution in [0.2, 0.25) is 0 Å². The molecule has 0 bridgehead atoms. The molecule has 1 heteroatoms. The van der Waals surface area contributed by atoms with E-state index in [1.807, 2.05) is 0 Å². The zero-order chi connectivity index (χ0) is 21.1. The molecule has 0 aromatic carbocycles. The van der Waals surface area contributed by atoms with Crippen molar-refractivity contribution >= 4 is 0 Å². The van der Waals surface area contributed by atoms with E-state index in [1.165, 1.54) is 70.6 Å². The second-order valence-electron chi connectivity index (χ2n) is 13.2. The summed E-state index contributed by atoms with van der Waals surface area (Å²) in [6, 6.07) is 0. The monoisotopic (exact) mass is 402 g/mol. The molecule has 9 atom stereocenters. The molecule has 4 aliphatic carbocycles. The number of aliphatic hydroxyl groups is 1. The van der Waals surface area contributed by atoms with Crippen molar-refractivity contribution in [3.8, 4) is 0 Å². The maximum Gasteiger partial charge on any atom is 0.0545 e. The van der Waals surface area contributed by atoms with Gasteiger partial charge in [0.1, 0.15) is 0 Å². The highest BCUT2D eigenvalue weighted by molar-refractivity contribution is 5.17. The second-order valence-corrected chi connectivity index (χ2v) is 13.2. The van der Waals surface area contributed by atoms with Crippen molar-refractivity contribution in [1.82, 2.24) is 0 Å². The van der Waals surface area contributed by atoms with E-state index >= 15 is 0 Å². The molecule has 29 heavy (non-hydrogen) atoms. The third-order valence-electron chi connectivity index (χ3n) is 11.9. The summed E-state index contributed by atoms with van der Waals surface area (Å²) < 4.78 is 0. The van der Waals surface area contributed by atoms with E-state index in [1.54, 1.807) is 0 Å². The molecule has 3 unspecified atom stereocenters. The second kappa shape index (κ2) is 7.53. The third kappa shape index (κ3) is 3.18.